The van der Waals surface area contributed by atoms with Gasteiger partial charge in [0.2, 0.25) is 7.37 Å². The van der Waals surface area contributed by atoms with Crippen LogP contribution in [0.15, 0.2) is 0 Å². The van der Waals surface area contributed by atoms with Crippen molar-refractivity contribution in [3.8, 4) is 0 Å². The predicted molar refractivity (Wildman–Crippen MR) is 56.1 cm³/mol. The Bertz CT molecular complexity index is 206. The topological polar surface area (TPSA) is 61.4 Å². The fourth-order valence-corrected chi connectivity index (χ4v) is 3.01. The van der Waals surface area contributed by atoms with Crippen molar-refractivity contribution in [2.75, 3.05) is 14.1 Å². The summed E-state index contributed by atoms with van der Waals surface area (Å²) in [6, 6.07) is 0. The highest BCUT2D eigenvalue weighted by molar-refractivity contribution is 7.61. The average molecular weight is 208 g/mol. The van der Waals surface area contributed by atoms with Crippen molar-refractivity contribution >= 4 is 7.37 Å². The van der Waals surface area contributed by atoms with Crippen LogP contribution < -0.4 is 10.6 Å². The van der Waals surface area contributed by atoms with Crippen LogP contribution in [0, 0.1) is 0 Å². The van der Waals surface area contributed by atoms with Crippen molar-refractivity contribution in [1.82, 2.24) is 10.6 Å². The summed E-state index contributed by atoms with van der Waals surface area (Å²) in [7, 11) is 0.0576. The zero-order chi connectivity index (χ0) is 10.9. The summed E-state index contributed by atoms with van der Waals surface area (Å²) in [4.78, 5) is 10.0. The van der Waals surface area contributed by atoms with Crippen LogP contribution in [0.3, 0.4) is 0 Å². The van der Waals surface area contributed by atoms with Gasteiger partial charge in [0.25, 0.3) is 0 Å². The summed E-state index contributed by atoms with van der Waals surface area (Å²) in [6.07, 6.45) is 0. The second-order valence-corrected chi connectivity index (χ2v) is 7.58. The van der Waals surface area contributed by atoms with Gasteiger partial charge in [-0.05, 0) is 41.8 Å². The molecule has 0 aromatic heterocycles. The van der Waals surface area contributed by atoms with E-state index >= 15 is 0 Å². The van der Waals surface area contributed by atoms with E-state index in [4.69, 9.17) is 0 Å². The van der Waals surface area contributed by atoms with Crippen LogP contribution in [0.25, 0.3) is 0 Å². The second kappa shape index (κ2) is 3.70. The van der Waals surface area contributed by atoms with Gasteiger partial charge in [-0.15, -0.1) is 0 Å². The van der Waals surface area contributed by atoms with E-state index in [1.165, 1.54) is 0 Å². The van der Waals surface area contributed by atoms with Gasteiger partial charge >= 0.3 is 0 Å². The first-order valence-electron chi connectivity index (χ1n) is 4.33. The highest BCUT2D eigenvalue weighted by Crippen LogP contribution is 2.61. The van der Waals surface area contributed by atoms with Crippen molar-refractivity contribution in [3.05, 3.63) is 0 Å². The molecule has 0 unspecified atom stereocenters. The third-order valence-electron chi connectivity index (χ3n) is 2.74. The largest absolute Gasteiger partial charge is 0.342 e. The lowest BCUT2D eigenvalue weighted by molar-refractivity contribution is 0.366. The zero-order valence-corrected chi connectivity index (χ0v) is 10.2. The van der Waals surface area contributed by atoms with Crippen LogP contribution in [-0.2, 0) is 4.57 Å². The van der Waals surface area contributed by atoms with Crippen molar-refractivity contribution in [3.63, 3.8) is 0 Å². The molecule has 0 radical (unpaired) electrons. The van der Waals surface area contributed by atoms with E-state index in [9.17, 15) is 9.46 Å². The Kier molecular flexibility index (Phi) is 3.73. The van der Waals surface area contributed by atoms with E-state index in [0.717, 1.165) is 0 Å². The lowest BCUT2D eigenvalue weighted by Gasteiger charge is -2.40. The molecule has 80 valence electrons. The Morgan fingerprint density at radius 2 is 1.23 bits per heavy atom. The van der Waals surface area contributed by atoms with Gasteiger partial charge in [-0.3, -0.25) is 4.57 Å². The van der Waals surface area contributed by atoms with Gasteiger partial charge in [-0.25, -0.2) is 0 Å². The van der Waals surface area contributed by atoms with Crippen molar-refractivity contribution in [1.29, 1.82) is 0 Å². The van der Waals surface area contributed by atoms with E-state index in [1.807, 2.05) is 0 Å². The minimum Gasteiger partial charge on any atom is -0.342 e. The van der Waals surface area contributed by atoms with E-state index < -0.39 is 17.9 Å². The molecule has 0 bridgehead atoms. The Hall–Kier alpha value is 0.110. The van der Waals surface area contributed by atoms with Crippen LogP contribution in [0.1, 0.15) is 27.7 Å². The predicted octanol–water partition coefficient (Wildman–Crippen LogP) is 1.17. The minimum absolute atomic E-state index is 0.778. The van der Waals surface area contributed by atoms with Gasteiger partial charge in [-0.2, -0.15) is 0 Å². The summed E-state index contributed by atoms with van der Waals surface area (Å²) in [6.45, 7) is 6.92. The summed E-state index contributed by atoms with van der Waals surface area (Å²) in [5.74, 6) is 0. The maximum atomic E-state index is 12.2. The van der Waals surface area contributed by atoms with Crippen molar-refractivity contribution < 1.29 is 9.46 Å². The Balaban J connectivity index is 5.08. The molecule has 0 heterocycles. The van der Waals surface area contributed by atoms with Crippen LogP contribution in [0.5, 0.6) is 0 Å². The molecule has 0 aliphatic carbocycles. The molecule has 0 aromatic rings. The molecular weight excluding hydrogens is 187 g/mol. The fraction of sp³-hybridized carbons (Fsp3) is 1.00. The molecule has 13 heavy (non-hydrogen) atoms. The van der Waals surface area contributed by atoms with Crippen LogP contribution in [-0.4, -0.2) is 29.5 Å². The van der Waals surface area contributed by atoms with Gasteiger partial charge in [0, 0.05) is 0 Å². The first-order chi connectivity index (χ1) is 5.62. The Morgan fingerprint density at radius 3 is 1.38 bits per heavy atom. The molecule has 3 N–H and O–H groups in total. The third kappa shape index (κ3) is 2.13. The first-order valence-corrected chi connectivity index (χ1v) is 5.99. The number of rotatable bonds is 4. The summed E-state index contributed by atoms with van der Waals surface area (Å²) >= 11 is 0. The van der Waals surface area contributed by atoms with E-state index in [1.54, 1.807) is 41.8 Å². The van der Waals surface area contributed by atoms with Crippen LogP contribution >= 0.6 is 7.37 Å². The van der Waals surface area contributed by atoms with Crippen LogP contribution in [0.2, 0.25) is 0 Å². The van der Waals surface area contributed by atoms with Gasteiger partial charge < -0.3 is 15.5 Å². The van der Waals surface area contributed by atoms with Crippen molar-refractivity contribution in [2.24, 2.45) is 0 Å². The van der Waals surface area contributed by atoms with E-state index in [-0.39, 0.29) is 0 Å². The molecule has 0 fully saturated rings. The lowest BCUT2D eigenvalue weighted by Crippen LogP contribution is -2.47. The minimum atomic E-state index is -3.32. The number of nitrogens with one attached hydrogen (secondary N) is 2. The van der Waals surface area contributed by atoms with Gasteiger partial charge in [0.1, 0.15) is 0 Å². The molecule has 0 rings (SSSR count). The maximum Gasteiger partial charge on any atom is 0.238 e. The quantitative estimate of drug-likeness (QED) is 0.607. The van der Waals surface area contributed by atoms with E-state index in [0.29, 0.717) is 0 Å². The van der Waals surface area contributed by atoms with Gasteiger partial charge in [0.15, 0.2) is 0 Å². The molecule has 5 heteroatoms. The van der Waals surface area contributed by atoms with E-state index in [2.05, 4.69) is 10.6 Å². The average Bonchev–Trinajstić information content (AvgIpc) is 2.03. The third-order valence-corrected chi connectivity index (χ3v) is 6.22. The van der Waals surface area contributed by atoms with Crippen molar-refractivity contribution in [2.45, 2.75) is 38.3 Å². The molecule has 4 nitrogen and oxygen atoms in total. The number of hydrogen-bond acceptors (Lipinski definition) is 3. The van der Waals surface area contributed by atoms with Gasteiger partial charge in [0.05, 0.1) is 10.6 Å². The molecule has 0 aliphatic rings. The number of hydrogen-bond donors (Lipinski definition) is 3. The highest BCUT2D eigenvalue weighted by Gasteiger charge is 2.48. The second-order valence-electron chi connectivity index (χ2n) is 4.19. The standard InChI is InChI=1S/C8H21N2O2P/c1-7(2,9-5)13(11,12)8(3,4)10-6/h9-10H,1-6H3,(H,11,12). The summed E-state index contributed by atoms with van der Waals surface area (Å²) in [5.41, 5.74) is 0. The smallest absolute Gasteiger partial charge is 0.238 e. The summed E-state index contributed by atoms with van der Waals surface area (Å²) < 4.78 is 12.2. The fourth-order valence-electron chi connectivity index (χ4n) is 1.00. The monoisotopic (exact) mass is 208 g/mol. The van der Waals surface area contributed by atoms with Crippen LogP contribution in [0.4, 0.5) is 0 Å². The molecule has 0 aliphatic heterocycles. The normalized spacial score (nSPS) is 14.7. The molecular formula is C8H21N2O2P. The molecule has 0 atom stereocenters. The molecule has 0 spiro atoms. The molecule has 0 aromatic carbocycles. The molecule has 0 saturated carbocycles. The zero-order valence-electron chi connectivity index (χ0n) is 9.30. The molecule has 0 amide bonds. The highest BCUT2D eigenvalue weighted by atomic mass is 31.2. The first kappa shape index (κ1) is 13.1. The SMILES string of the molecule is CNC(C)(C)P(=O)(O)C(C)(C)NC. The summed E-state index contributed by atoms with van der Waals surface area (Å²) in [5, 5.41) is 4.18. The Labute approximate surface area is 80.6 Å². The maximum absolute atomic E-state index is 12.2. The lowest BCUT2D eigenvalue weighted by atomic mass is 10.4. The van der Waals surface area contributed by atoms with Gasteiger partial charge in [-0.1, -0.05) is 0 Å². The Morgan fingerprint density at radius 1 is 1.00 bits per heavy atom. The molecule has 0 saturated heterocycles.